The standard InChI is InChI=1S/C43H66O18/c1-18-23(20-12-28(45)55-16-20)9-11-43(53)24-7-6-21-13-22(8-10-41(21,3)25(24)14-42(18,43)4)58-40-35(52)37(54-5)36(19(2)57-40)61-39-34(51)32(49)30(47)27(60-39)17-56-38-33(50)31(48)29(46)26(15-44)59-38/h12,19,21-27,29-40,44,46-53H,1,6-11,13-17H2,2-5H3/t19-,21+,22-,23-,24+,25-,26+,27+,29+,30+,31-,32-,33+,34+,35+,36-,37-,38+,39-,40-,41-,42+,43-/m0/s1. The lowest BCUT2D eigenvalue weighted by Crippen LogP contribution is -2.65. The number of methoxy groups -OCH3 is 1. The molecule has 8 aliphatic rings. The minimum atomic E-state index is -1.78. The highest BCUT2D eigenvalue weighted by atomic mass is 16.8. The van der Waals surface area contributed by atoms with Crippen molar-refractivity contribution < 1.29 is 88.6 Å². The second kappa shape index (κ2) is 17.3. The van der Waals surface area contributed by atoms with E-state index in [-0.39, 0.29) is 41.8 Å². The highest BCUT2D eigenvalue weighted by Crippen LogP contribution is 2.72. The number of esters is 1. The summed E-state index contributed by atoms with van der Waals surface area (Å²) in [7, 11) is 1.39. The maximum Gasteiger partial charge on any atom is 0.331 e. The first-order valence-electron chi connectivity index (χ1n) is 21.9. The molecule has 4 aliphatic carbocycles. The molecular formula is C43H66O18. The Bertz CT molecular complexity index is 1650. The summed E-state index contributed by atoms with van der Waals surface area (Å²) in [5.41, 5.74) is 0.537. The number of carbonyl (C=O) groups excluding carboxylic acids is 1. The van der Waals surface area contributed by atoms with Crippen molar-refractivity contribution in [3.63, 3.8) is 0 Å². The molecule has 3 saturated heterocycles. The van der Waals surface area contributed by atoms with E-state index in [9.17, 15) is 50.8 Å². The largest absolute Gasteiger partial charge is 0.458 e. The van der Waals surface area contributed by atoms with Crippen molar-refractivity contribution in [1.29, 1.82) is 0 Å². The summed E-state index contributed by atoms with van der Waals surface area (Å²) < 4.78 is 46.6. The number of fused-ring (bicyclic) bond motifs is 5. The summed E-state index contributed by atoms with van der Waals surface area (Å²) in [5, 5.41) is 96.6. The van der Waals surface area contributed by atoms with Gasteiger partial charge in [-0.05, 0) is 87.0 Å². The van der Waals surface area contributed by atoms with Crippen molar-refractivity contribution in [3.05, 3.63) is 23.8 Å². The van der Waals surface area contributed by atoms with Crippen molar-refractivity contribution in [2.75, 3.05) is 26.9 Å². The second-order valence-electron chi connectivity index (χ2n) is 19.5. The summed E-state index contributed by atoms with van der Waals surface area (Å²) >= 11 is 0. The van der Waals surface area contributed by atoms with Gasteiger partial charge in [0.25, 0.3) is 0 Å². The predicted octanol–water partition coefficient (Wildman–Crippen LogP) is -1.08. The van der Waals surface area contributed by atoms with E-state index in [2.05, 4.69) is 20.4 Å². The number of aliphatic hydroxyl groups is 9. The third-order valence-electron chi connectivity index (χ3n) is 16.5. The van der Waals surface area contributed by atoms with E-state index >= 15 is 0 Å². The molecule has 9 N–H and O–H groups in total. The Morgan fingerprint density at radius 1 is 0.787 bits per heavy atom. The summed E-state index contributed by atoms with van der Waals surface area (Å²) in [4.78, 5) is 11.9. The molecule has 4 saturated carbocycles. The van der Waals surface area contributed by atoms with Crippen LogP contribution in [0, 0.1) is 34.5 Å². The average molecular weight is 871 g/mol. The van der Waals surface area contributed by atoms with Gasteiger partial charge in [-0.25, -0.2) is 4.79 Å². The Kier molecular flexibility index (Phi) is 13.0. The molecule has 4 heterocycles. The Morgan fingerprint density at radius 3 is 2.13 bits per heavy atom. The zero-order valence-electron chi connectivity index (χ0n) is 35.3. The summed E-state index contributed by atoms with van der Waals surface area (Å²) in [6, 6.07) is 0. The van der Waals surface area contributed by atoms with E-state index in [1.807, 2.05) is 0 Å². The van der Waals surface area contributed by atoms with Gasteiger partial charge in [-0.15, -0.1) is 0 Å². The molecule has 0 aromatic heterocycles. The first-order valence-corrected chi connectivity index (χ1v) is 21.9. The monoisotopic (exact) mass is 870 g/mol. The van der Waals surface area contributed by atoms with Crippen LogP contribution in [-0.4, -0.2) is 183 Å². The SMILES string of the molecule is C=C1[C@@H](C2=CC(=O)OC2)CC[C@]2(O)[C@@H]3CC[C@@H]4C[C@@H](O[C@@H]5O[C@@H](C)[C@H](O[C@@H]6O[C@H](CO[C@@H]7O[C@H](CO)[C@@H](O)[C@H](O)[C@H]7O)[C@@H](O)[C@H](O)[C@H]6O)[C@@H](OC)[C@H]5O)CC[C@]4(C)[C@H]3C[C@]12C. The topological polar surface area (TPSA) is 273 Å². The molecule has 4 aliphatic heterocycles. The molecule has 18 heteroatoms. The Morgan fingerprint density at radius 2 is 1.46 bits per heavy atom. The Balaban J connectivity index is 0.884. The molecule has 23 atom stereocenters. The number of ether oxygens (including phenoxy) is 8. The molecule has 18 nitrogen and oxygen atoms in total. The fourth-order valence-corrected chi connectivity index (χ4v) is 12.7. The number of cyclic esters (lactones) is 1. The molecule has 0 unspecified atom stereocenters. The van der Waals surface area contributed by atoms with Crippen LogP contribution in [0.25, 0.3) is 0 Å². The predicted molar refractivity (Wildman–Crippen MR) is 208 cm³/mol. The number of hydrogen-bond donors (Lipinski definition) is 9. The van der Waals surface area contributed by atoms with Crippen molar-refractivity contribution in [2.45, 2.75) is 176 Å². The molecule has 346 valence electrons. The fourth-order valence-electron chi connectivity index (χ4n) is 12.7. The van der Waals surface area contributed by atoms with E-state index < -0.39 is 116 Å². The van der Waals surface area contributed by atoms with Gasteiger partial charge in [0.15, 0.2) is 18.9 Å². The Hall–Kier alpha value is -1.69. The minimum absolute atomic E-state index is 0.0132. The zero-order chi connectivity index (χ0) is 43.9. The van der Waals surface area contributed by atoms with Crippen LogP contribution in [0.1, 0.15) is 72.1 Å². The molecule has 7 fully saturated rings. The van der Waals surface area contributed by atoms with E-state index in [0.717, 1.165) is 49.7 Å². The zero-order valence-corrected chi connectivity index (χ0v) is 35.3. The molecule has 0 radical (unpaired) electrons. The van der Waals surface area contributed by atoms with Crippen molar-refractivity contribution in [2.24, 2.45) is 34.5 Å². The average Bonchev–Trinajstić information content (AvgIpc) is 3.77. The highest BCUT2D eigenvalue weighted by Gasteiger charge is 2.69. The Labute approximate surface area is 355 Å². The lowest BCUT2D eigenvalue weighted by molar-refractivity contribution is -0.367. The van der Waals surface area contributed by atoms with Crippen LogP contribution in [0.3, 0.4) is 0 Å². The number of aliphatic hydroxyl groups excluding tert-OH is 8. The smallest absolute Gasteiger partial charge is 0.331 e. The van der Waals surface area contributed by atoms with Gasteiger partial charge in [0.1, 0.15) is 73.8 Å². The van der Waals surface area contributed by atoms with Crippen LogP contribution >= 0.6 is 0 Å². The van der Waals surface area contributed by atoms with Gasteiger partial charge in [0, 0.05) is 24.5 Å². The first-order chi connectivity index (χ1) is 28.9. The maximum atomic E-state index is 12.6. The van der Waals surface area contributed by atoms with Crippen molar-refractivity contribution in [1.82, 2.24) is 0 Å². The normalized spacial score (nSPS) is 53.8. The quantitative estimate of drug-likeness (QED) is 0.0718. The lowest BCUT2D eigenvalue weighted by atomic mass is 9.51. The third kappa shape index (κ3) is 7.67. The van der Waals surface area contributed by atoms with Crippen LogP contribution in [0.15, 0.2) is 23.8 Å². The van der Waals surface area contributed by atoms with Crippen molar-refractivity contribution in [3.8, 4) is 0 Å². The van der Waals surface area contributed by atoms with Gasteiger partial charge in [-0.3, -0.25) is 0 Å². The molecule has 0 bridgehead atoms. The summed E-state index contributed by atoms with van der Waals surface area (Å²) in [5.74, 6) is 0.414. The maximum absolute atomic E-state index is 12.6. The van der Waals surface area contributed by atoms with Crippen LogP contribution in [0.5, 0.6) is 0 Å². The van der Waals surface area contributed by atoms with E-state index in [1.54, 1.807) is 13.0 Å². The number of rotatable bonds is 10. The van der Waals surface area contributed by atoms with E-state index in [4.69, 9.17) is 37.9 Å². The minimum Gasteiger partial charge on any atom is -0.458 e. The van der Waals surface area contributed by atoms with Crippen molar-refractivity contribution >= 4 is 5.97 Å². The molecule has 0 aromatic rings. The highest BCUT2D eigenvalue weighted by molar-refractivity contribution is 5.85. The van der Waals surface area contributed by atoms with Crippen LogP contribution in [0.4, 0.5) is 0 Å². The third-order valence-corrected chi connectivity index (χ3v) is 16.5. The summed E-state index contributed by atoms with van der Waals surface area (Å²) in [6.45, 7) is 9.87. The van der Waals surface area contributed by atoms with Gasteiger partial charge < -0.3 is 83.9 Å². The first kappa shape index (κ1) is 45.9. The second-order valence-corrected chi connectivity index (χ2v) is 19.5. The molecule has 8 rings (SSSR count). The number of hydrogen-bond acceptors (Lipinski definition) is 18. The van der Waals surface area contributed by atoms with Crippen LogP contribution in [0.2, 0.25) is 0 Å². The molecule has 0 aromatic carbocycles. The molecule has 61 heavy (non-hydrogen) atoms. The van der Waals surface area contributed by atoms with Crippen LogP contribution in [-0.2, 0) is 42.7 Å². The molecule has 0 amide bonds. The van der Waals surface area contributed by atoms with Crippen LogP contribution < -0.4 is 0 Å². The fraction of sp³-hybridized carbons (Fsp3) is 0.884. The van der Waals surface area contributed by atoms with Gasteiger partial charge >= 0.3 is 5.97 Å². The van der Waals surface area contributed by atoms with Gasteiger partial charge in [0.2, 0.25) is 0 Å². The molecule has 0 spiro atoms. The number of carbonyl (C=O) groups is 1. The van der Waals surface area contributed by atoms with E-state index in [1.165, 1.54) is 7.11 Å². The summed E-state index contributed by atoms with van der Waals surface area (Å²) in [6.07, 6.45) is -13.5. The van der Waals surface area contributed by atoms with E-state index in [0.29, 0.717) is 18.8 Å². The van der Waals surface area contributed by atoms with Gasteiger partial charge in [0.05, 0.1) is 31.0 Å². The van der Waals surface area contributed by atoms with Gasteiger partial charge in [-0.2, -0.15) is 0 Å². The van der Waals surface area contributed by atoms with Gasteiger partial charge in [-0.1, -0.05) is 26.0 Å². The lowest BCUT2D eigenvalue weighted by Gasteiger charge is -2.56. The molecular weight excluding hydrogens is 804 g/mol.